The summed E-state index contributed by atoms with van der Waals surface area (Å²) >= 11 is 0. The van der Waals surface area contributed by atoms with E-state index in [1.165, 1.54) is 6.92 Å². The maximum absolute atomic E-state index is 10.4. The molecule has 5 nitrogen and oxygen atoms in total. The van der Waals surface area contributed by atoms with Crippen molar-refractivity contribution in [2.24, 2.45) is 5.16 Å². The van der Waals surface area contributed by atoms with Crippen LogP contribution >= 0.6 is 0 Å². The molecule has 0 saturated heterocycles. The fraction of sp³-hybridized carbons (Fsp3) is 0.500. The Labute approximate surface area is 63.6 Å². The third-order valence-electron chi connectivity index (χ3n) is 0.773. The van der Waals surface area contributed by atoms with Gasteiger partial charge in [-0.1, -0.05) is 5.16 Å². The SMILES string of the molecule is CC(=O)CC(=NO)OC(C)=O. The zero-order valence-electron chi connectivity index (χ0n) is 6.33. The van der Waals surface area contributed by atoms with E-state index in [1.807, 2.05) is 0 Å². The first-order chi connectivity index (χ1) is 5.06. The largest absolute Gasteiger partial charge is 0.408 e. The summed E-state index contributed by atoms with van der Waals surface area (Å²) < 4.78 is 4.35. The van der Waals surface area contributed by atoms with Gasteiger partial charge in [-0.25, -0.2) is 0 Å². The Morgan fingerprint density at radius 1 is 1.45 bits per heavy atom. The Balaban J connectivity index is 3.99. The summed E-state index contributed by atoms with van der Waals surface area (Å²) in [4.78, 5) is 20.7. The van der Waals surface area contributed by atoms with Crippen molar-refractivity contribution in [3.05, 3.63) is 0 Å². The van der Waals surface area contributed by atoms with Gasteiger partial charge in [-0.15, -0.1) is 0 Å². The number of oxime groups is 1. The van der Waals surface area contributed by atoms with Crippen molar-refractivity contribution in [3.8, 4) is 0 Å². The Bertz CT molecular complexity index is 179. The number of nitrogens with zero attached hydrogens (tertiary/aromatic N) is 1. The topological polar surface area (TPSA) is 76.0 Å². The number of esters is 1. The summed E-state index contributed by atoms with van der Waals surface area (Å²) in [5.41, 5.74) is 0. The normalized spacial score (nSPS) is 10.9. The Hall–Kier alpha value is -1.39. The molecule has 0 saturated carbocycles. The van der Waals surface area contributed by atoms with Crippen LogP contribution in [0.25, 0.3) is 0 Å². The molecular weight excluding hydrogens is 150 g/mol. The fourth-order valence-electron chi connectivity index (χ4n) is 0.471. The van der Waals surface area contributed by atoms with Gasteiger partial charge in [-0.05, 0) is 6.92 Å². The molecule has 0 atom stereocenters. The number of rotatable bonds is 2. The quantitative estimate of drug-likeness (QED) is 0.207. The van der Waals surface area contributed by atoms with Crippen molar-refractivity contribution < 1.29 is 19.5 Å². The summed E-state index contributed by atoms with van der Waals surface area (Å²) in [7, 11) is 0. The lowest BCUT2D eigenvalue weighted by atomic mass is 10.3. The molecule has 0 aromatic rings. The number of carbonyl (C=O) groups is 2. The number of hydrogen-bond donors (Lipinski definition) is 1. The third-order valence-corrected chi connectivity index (χ3v) is 0.773. The molecule has 62 valence electrons. The second-order valence-corrected chi connectivity index (χ2v) is 1.97. The van der Waals surface area contributed by atoms with Crippen molar-refractivity contribution in [3.63, 3.8) is 0 Å². The van der Waals surface area contributed by atoms with Gasteiger partial charge in [0.15, 0.2) is 0 Å². The van der Waals surface area contributed by atoms with Gasteiger partial charge >= 0.3 is 5.97 Å². The lowest BCUT2D eigenvalue weighted by Crippen LogP contribution is -2.12. The van der Waals surface area contributed by atoms with E-state index in [1.54, 1.807) is 0 Å². The fourth-order valence-corrected chi connectivity index (χ4v) is 0.471. The van der Waals surface area contributed by atoms with Crippen molar-refractivity contribution >= 4 is 17.7 Å². The number of ketones is 1. The van der Waals surface area contributed by atoms with Gasteiger partial charge in [0, 0.05) is 6.92 Å². The standard InChI is InChI=1S/C6H9NO4/c1-4(8)3-6(7-10)11-5(2)9/h10H,3H2,1-2H3. The van der Waals surface area contributed by atoms with Crippen molar-refractivity contribution in [1.29, 1.82) is 0 Å². The molecule has 0 unspecified atom stereocenters. The molecule has 0 aliphatic heterocycles. The lowest BCUT2D eigenvalue weighted by Gasteiger charge is -1.99. The van der Waals surface area contributed by atoms with Crippen LogP contribution in [-0.2, 0) is 14.3 Å². The van der Waals surface area contributed by atoms with E-state index in [0.29, 0.717) is 0 Å². The summed E-state index contributed by atoms with van der Waals surface area (Å²) in [6.07, 6.45) is -0.171. The van der Waals surface area contributed by atoms with Gasteiger partial charge < -0.3 is 9.94 Å². The van der Waals surface area contributed by atoms with Crippen LogP contribution in [-0.4, -0.2) is 22.9 Å². The molecule has 0 aromatic carbocycles. The monoisotopic (exact) mass is 159 g/mol. The predicted octanol–water partition coefficient (Wildman–Crippen LogP) is 0.316. The third kappa shape index (κ3) is 5.07. The predicted molar refractivity (Wildman–Crippen MR) is 36.3 cm³/mol. The summed E-state index contributed by atoms with van der Waals surface area (Å²) in [6, 6.07) is 0. The second kappa shape index (κ2) is 4.43. The van der Waals surface area contributed by atoms with E-state index in [0.717, 1.165) is 6.92 Å². The Morgan fingerprint density at radius 3 is 2.27 bits per heavy atom. The minimum absolute atomic E-state index is 0.171. The number of ether oxygens (including phenoxy) is 1. The van der Waals surface area contributed by atoms with Crippen LogP contribution in [0.3, 0.4) is 0 Å². The number of Topliss-reactive ketones (excluding diaryl/α,β-unsaturated/α-hetero) is 1. The van der Waals surface area contributed by atoms with E-state index >= 15 is 0 Å². The molecule has 0 amide bonds. The average molecular weight is 159 g/mol. The van der Waals surface area contributed by atoms with E-state index in [4.69, 9.17) is 5.21 Å². The smallest absolute Gasteiger partial charge is 0.309 e. The van der Waals surface area contributed by atoms with Gasteiger partial charge in [0.1, 0.15) is 5.78 Å². The maximum atomic E-state index is 10.4. The number of hydrogen-bond acceptors (Lipinski definition) is 5. The highest BCUT2D eigenvalue weighted by Gasteiger charge is 2.07. The lowest BCUT2D eigenvalue weighted by molar-refractivity contribution is -0.133. The van der Waals surface area contributed by atoms with Crippen LogP contribution in [0.4, 0.5) is 0 Å². The second-order valence-electron chi connectivity index (χ2n) is 1.97. The molecule has 1 N–H and O–H groups in total. The zero-order valence-corrected chi connectivity index (χ0v) is 6.33. The van der Waals surface area contributed by atoms with Crippen molar-refractivity contribution in [2.75, 3.05) is 0 Å². The molecular formula is C6H9NO4. The van der Waals surface area contributed by atoms with Gasteiger partial charge in [-0.3, -0.25) is 9.59 Å². The minimum atomic E-state index is -0.612. The van der Waals surface area contributed by atoms with Gasteiger partial charge in [0.2, 0.25) is 5.90 Å². The van der Waals surface area contributed by atoms with E-state index in [9.17, 15) is 9.59 Å². The average Bonchev–Trinajstić information content (AvgIpc) is 1.84. The van der Waals surface area contributed by atoms with E-state index < -0.39 is 5.97 Å². The minimum Gasteiger partial charge on any atom is -0.408 e. The first-order valence-electron chi connectivity index (χ1n) is 2.95. The Morgan fingerprint density at radius 2 is 2.00 bits per heavy atom. The summed E-state index contributed by atoms with van der Waals surface area (Å²) in [5, 5.41) is 10.8. The van der Waals surface area contributed by atoms with Crippen LogP contribution in [0.2, 0.25) is 0 Å². The molecule has 0 fully saturated rings. The highest BCUT2D eigenvalue weighted by Crippen LogP contribution is 1.91. The highest BCUT2D eigenvalue weighted by atomic mass is 16.6. The molecule has 11 heavy (non-hydrogen) atoms. The van der Waals surface area contributed by atoms with Crippen LogP contribution in [0, 0.1) is 0 Å². The zero-order chi connectivity index (χ0) is 8.85. The van der Waals surface area contributed by atoms with Gasteiger partial charge in [0.25, 0.3) is 0 Å². The molecule has 0 aliphatic carbocycles. The van der Waals surface area contributed by atoms with Gasteiger partial charge in [0.05, 0.1) is 6.42 Å². The molecule has 0 rings (SSSR count). The molecule has 0 bridgehead atoms. The van der Waals surface area contributed by atoms with Crippen molar-refractivity contribution in [1.82, 2.24) is 0 Å². The maximum Gasteiger partial charge on any atom is 0.309 e. The molecule has 0 aliphatic rings. The summed E-state index contributed by atoms with van der Waals surface area (Å²) in [6.45, 7) is 2.46. The summed E-state index contributed by atoms with van der Waals surface area (Å²) in [5.74, 6) is -1.12. The van der Waals surface area contributed by atoms with Crippen LogP contribution < -0.4 is 0 Å². The molecule has 5 heteroatoms. The van der Waals surface area contributed by atoms with Crippen LogP contribution in [0.1, 0.15) is 20.3 Å². The molecule has 0 radical (unpaired) electrons. The molecule has 0 heterocycles. The van der Waals surface area contributed by atoms with E-state index in [-0.39, 0.29) is 18.1 Å². The van der Waals surface area contributed by atoms with E-state index in [2.05, 4.69) is 9.89 Å². The molecule has 0 aromatic heterocycles. The highest BCUT2D eigenvalue weighted by molar-refractivity contribution is 6.00. The first-order valence-corrected chi connectivity index (χ1v) is 2.95. The number of carbonyl (C=O) groups excluding carboxylic acids is 2. The van der Waals surface area contributed by atoms with Gasteiger partial charge in [-0.2, -0.15) is 0 Å². The van der Waals surface area contributed by atoms with Crippen molar-refractivity contribution in [2.45, 2.75) is 20.3 Å². The first kappa shape index (κ1) is 9.61. The Kier molecular flexibility index (Phi) is 3.87. The van der Waals surface area contributed by atoms with Crippen LogP contribution in [0.15, 0.2) is 5.16 Å². The molecule has 0 spiro atoms. The van der Waals surface area contributed by atoms with Crippen LogP contribution in [0.5, 0.6) is 0 Å².